The molecule has 0 spiro atoms. The molecule has 2 N–H and O–H groups in total. The molecular formula is C18H29NO. The number of rotatable bonds is 5. The predicted molar refractivity (Wildman–Crippen MR) is 84.8 cm³/mol. The first-order chi connectivity index (χ1) is 9.52. The highest BCUT2D eigenvalue weighted by atomic mass is 16.3. The van der Waals surface area contributed by atoms with E-state index in [9.17, 15) is 5.11 Å². The van der Waals surface area contributed by atoms with Gasteiger partial charge in [0, 0.05) is 13.1 Å². The summed E-state index contributed by atoms with van der Waals surface area (Å²) in [5.41, 5.74) is 3.50. The van der Waals surface area contributed by atoms with Crippen molar-refractivity contribution in [3.63, 3.8) is 0 Å². The summed E-state index contributed by atoms with van der Waals surface area (Å²) in [5, 5.41) is 14.0. The molecule has 0 radical (unpaired) electrons. The van der Waals surface area contributed by atoms with Crippen molar-refractivity contribution in [1.29, 1.82) is 0 Å². The standard InChI is InChI=1S/C18H29NO/c1-4-16-7-9-18(20,10-8-16)13-19-12-17-6-5-14(2)15(3)11-17/h5-6,11,16,19-20H,4,7-10,12-13H2,1-3H3. The highest BCUT2D eigenvalue weighted by Gasteiger charge is 2.31. The maximum absolute atomic E-state index is 10.6. The summed E-state index contributed by atoms with van der Waals surface area (Å²) in [6.45, 7) is 8.11. The Labute approximate surface area is 123 Å². The number of aryl methyl sites for hydroxylation is 2. The Bertz CT molecular complexity index is 433. The first-order valence-corrected chi connectivity index (χ1v) is 8.01. The number of nitrogens with one attached hydrogen (secondary N) is 1. The van der Waals surface area contributed by atoms with Crippen LogP contribution in [0.5, 0.6) is 0 Å². The summed E-state index contributed by atoms with van der Waals surface area (Å²) in [7, 11) is 0. The average Bonchev–Trinajstić information content (AvgIpc) is 2.44. The molecular weight excluding hydrogens is 246 g/mol. The Morgan fingerprint density at radius 3 is 2.50 bits per heavy atom. The Morgan fingerprint density at radius 1 is 1.20 bits per heavy atom. The highest BCUT2D eigenvalue weighted by molar-refractivity contribution is 5.29. The fraction of sp³-hybridized carbons (Fsp3) is 0.667. The lowest BCUT2D eigenvalue weighted by atomic mass is 9.78. The SMILES string of the molecule is CCC1CCC(O)(CNCc2ccc(C)c(C)c2)CC1. The molecule has 1 saturated carbocycles. The normalized spacial score (nSPS) is 26.7. The molecule has 1 aromatic carbocycles. The van der Waals surface area contributed by atoms with Gasteiger partial charge in [0.1, 0.15) is 0 Å². The topological polar surface area (TPSA) is 32.3 Å². The zero-order valence-electron chi connectivity index (χ0n) is 13.2. The summed E-state index contributed by atoms with van der Waals surface area (Å²) in [6.07, 6.45) is 5.51. The number of hydrogen-bond acceptors (Lipinski definition) is 2. The Balaban J connectivity index is 1.79. The third-order valence-electron chi connectivity index (χ3n) is 4.97. The Kier molecular flexibility index (Phi) is 5.22. The van der Waals surface area contributed by atoms with Gasteiger partial charge >= 0.3 is 0 Å². The van der Waals surface area contributed by atoms with Crippen LogP contribution in [-0.4, -0.2) is 17.3 Å². The molecule has 0 bridgehead atoms. The molecule has 1 aliphatic carbocycles. The van der Waals surface area contributed by atoms with E-state index >= 15 is 0 Å². The van der Waals surface area contributed by atoms with Crippen LogP contribution in [0.3, 0.4) is 0 Å². The minimum absolute atomic E-state index is 0.481. The lowest BCUT2D eigenvalue weighted by molar-refractivity contribution is -0.00881. The van der Waals surface area contributed by atoms with Gasteiger partial charge in [0.05, 0.1) is 5.60 Å². The second kappa shape index (κ2) is 6.73. The van der Waals surface area contributed by atoms with Gasteiger partial charge in [-0.3, -0.25) is 0 Å². The summed E-state index contributed by atoms with van der Waals surface area (Å²) >= 11 is 0. The van der Waals surface area contributed by atoms with Gasteiger partial charge in [-0.15, -0.1) is 0 Å². The molecule has 1 aromatic rings. The van der Waals surface area contributed by atoms with Gasteiger partial charge in [-0.2, -0.15) is 0 Å². The fourth-order valence-corrected chi connectivity index (χ4v) is 3.15. The monoisotopic (exact) mass is 275 g/mol. The molecule has 0 unspecified atom stereocenters. The van der Waals surface area contributed by atoms with Gasteiger partial charge in [0.2, 0.25) is 0 Å². The van der Waals surface area contributed by atoms with Crippen LogP contribution < -0.4 is 5.32 Å². The second-order valence-electron chi connectivity index (χ2n) is 6.60. The number of aliphatic hydroxyl groups is 1. The molecule has 1 aliphatic rings. The van der Waals surface area contributed by atoms with E-state index < -0.39 is 5.60 Å². The van der Waals surface area contributed by atoms with Crippen LogP contribution in [0.15, 0.2) is 18.2 Å². The summed E-state index contributed by atoms with van der Waals surface area (Å²) in [4.78, 5) is 0. The first-order valence-electron chi connectivity index (χ1n) is 8.01. The fourth-order valence-electron chi connectivity index (χ4n) is 3.15. The highest BCUT2D eigenvalue weighted by Crippen LogP contribution is 2.33. The maximum atomic E-state index is 10.6. The number of benzene rings is 1. The van der Waals surface area contributed by atoms with Crippen LogP contribution in [0.2, 0.25) is 0 Å². The molecule has 0 saturated heterocycles. The Hall–Kier alpha value is -0.860. The van der Waals surface area contributed by atoms with Gasteiger partial charge < -0.3 is 10.4 Å². The van der Waals surface area contributed by atoms with Crippen LogP contribution in [0.4, 0.5) is 0 Å². The van der Waals surface area contributed by atoms with E-state index in [1.54, 1.807) is 0 Å². The molecule has 0 atom stereocenters. The maximum Gasteiger partial charge on any atom is 0.0771 e. The van der Waals surface area contributed by atoms with Crippen molar-refractivity contribution in [1.82, 2.24) is 5.32 Å². The largest absolute Gasteiger partial charge is 0.389 e. The van der Waals surface area contributed by atoms with Crippen LogP contribution in [0, 0.1) is 19.8 Å². The summed E-state index contributed by atoms with van der Waals surface area (Å²) in [5.74, 6) is 0.829. The first kappa shape index (κ1) is 15.5. The zero-order chi connectivity index (χ0) is 14.6. The lowest BCUT2D eigenvalue weighted by Gasteiger charge is -2.36. The molecule has 112 valence electrons. The molecule has 2 rings (SSSR count). The van der Waals surface area contributed by atoms with Crippen molar-refractivity contribution in [3.05, 3.63) is 34.9 Å². The van der Waals surface area contributed by atoms with E-state index in [0.717, 1.165) is 31.8 Å². The van der Waals surface area contributed by atoms with Crippen molar-refractivity contribution in [2.45, 2.75) is 65.0 Å². The Morgan fingerprint density at radius 2 is 1.90 bits per heavy atom. The number of hydrogen-bond donors (Lipinski definition) is 2. The summed E-state index contributed by atoms with van der Waals surface area (Å²) in [6, 6.07) is 6.58. The van der Waals surface area contributed by atoms with Crippen LogP contribution >= 0.6 is 0 Å². The second-order valence-corrected chi connectivity index (χ2v) is 6.60. The van der Waals surface area contributed by atoms with Crippen molar-refractivity contribution in [3.8, 4) is 0 Å². The molecule has 0 aromatic heterocycles. The van der Waals surface area contributed by atoms with E-state index in [0.29, 0.717) is 0 Å². The van der Waals surface area contributed by atoms with Gasteiger partial charge in [-0.1, -0.05) is 31.5 Å². The minimum Gasteiger partial charge on any atom is -0.389 e. The van der Waals surface area contributed by atoms with Gasteiger partial charge in [0.25, 0.3) is 0 Å². The van der Waals surface area contributed by atoms with Crippen LogP contribution in [0.1, 0.15) is 55.7 Å². The van der Waals surface area contributed by atoms with Gasteiger partial charge in [-0.25, -0.2) is 0 Å². The van der Waals surface area contributed by atoms with Gasteiger partial charge in [-0.05, 0) is 62.1 Å². The van der Waals surface area contributed by atoms with Crippen molar-refractivity contribution >= 4 is 0 Å². The van der Waals surface area contributed by atoms with Crippen LogP contribution in [0.25, 0.3) is 0 Å². The average molecular weight is 275 g/mol. The summed E-state index contributed by atoms with van der Waals surface area (Å²) < 4.78 is 0. The van der Waals surface area contributed by atoms with E-state index in [-0.39, 0.29) is 0 Å². The van der Waals surface area contributed by atoms with Gasteiger partial charge in [0.15, 0.2) is 0 Å². The molecule has 2 heteroatoms. The molecule has 20 heavy (non-hydrogen) atoms. The molecule has 1 fully saturated rings. The van der Waals surface area contributed by atoms with E-state index in [1.807, 2.05) is 0 Å². The van der Waals surface area contributed by atoms with E-state index in [1.165, 1.54) is 36.0 Å². The third-order valence-corrected chi connectivity index (χ3v) is 4.97. The zero-order valence-corrected chi connectivity index (χ0v) is 13.2. The molecule has 0 amide bonds. The molecule has 0 heterocycles. The van der Waals surface area contributed by atoms with E-state index in [4.69, 9.17) is 0 Å². The van der Waals surface area contributed by atoms with Crippen LogP contribution in [-0.2, 0) is 6.54 Å². The predicted octanol–water partition coefficient (Wildman–Crippen LogP) is 3.72. The van der Waals surface area contributed by atoms with Crippen molar-refractivity contribution in [2.24, 2.45) is 5.92 Å². The smallest absolute Gasteiger partial charge is 0.0771 e. The molecule has 0 aliphatic heterocycles. The lowest BCUT2D eigenvalue weighted by Crippen LogP contribution is -2.43. The minimum atomic E-state index is -0.481. The van der Waals surface area contributed by atoms with Crippen molar-refractivity contribution < 1.29 is 5.11 Å². The van der Waals surface area contributed by atoms with Crippen molar-refractivity contribution in [2.75, 3.05) is 6.54 Å². The molecule has 2 nitrogen and oxygen atoms in total. The van der Waals surface area contributed by atoms with E-state index in [2.05, 4.69) is 44.3 Å². The third kappa shape index (κ3) is 4.07. The quantitative estimate of drug-likeness (QED) is 0.858.